The summed E-state index contributed by atoms with van der Waals surface area (Å²) >= 11 is 0. The minimum Gasteiger partial charge on any atom is -0.481 e. The molecule has 6 heteroatoms. The van der Waals surface area contributed by atoms with Gasteiger partial charge in [-0.05, 0) is 26.2 Å². The second-order valence-electron chi connectivity index (χ2n) is 6.12. The van der Waals surface area contributed by atoms with Gasteiger partial charge in [0.2, 0.25) is 11.8 Å². The molecule has 0 aromatic carbocycles. The zero-order chi connectivity index (χ0) is 14.9. The Morgan fingerprint density at radius 3 is 2.60 bits per heavy atom. The molecule has 0 bridgehead atoms. The van der Waals surface area contributed by atoms with E-state index in [0.717, 1.165) is 12.8 Å². The Morgan fingerprint density at radius 1 is 1.45 bits per heavy atom. The summed E-state index contributed by atoms with van der Waals surface area (Å²) in [6.45, 7) is 3.98. The van der Waals surface area contributed by atoms with E-state index in [4.69, 9.17) is 5.11 Å². The van der Waals surface area contributed by atoms with Gasteiger partial charge in [0.25, 0.3) is 0 Å². The maximum Gasteiger partial charge on any atom is 0.311 e. The van der Waals surface area contributed by atoms with Crippen LogP contribution < -0.4 is 5.32 Å². The largest absolute Gasteiger partial charge is 0.481 e. The van der Waals surface area contributed by atoms with Gasteiger partial charge in [-0.1, -0.05) is 6.92 Å². The molecule has 6 nitrogen and oxygen atoms in total. The van der Waals surface area contributed by atoms with E-state index in [1.165, 1.54) is 0 Å². The molecule has 0 radical (unpaired) electrons. The molecule has 2 N–H and O–H groups in total. The van der Waals surface area contributed by atoms with Crippen molar-refractivity contribution in [3.63, 3.8) is 0 Å². The monoisotopic (exact) mass is 282 g/mol. The Kier molecular flexibility index (Phi) is 4.01. The molecule has 1 aliphatic heterocycles. The SMILES string of the molecule is CCC(C)(CNC(=O)C1CC(=O)N(C2CC2)C1)C(=O)O. The lowest BCUT2D eigenvalue weighted by Crippen LogP contribution is -2.43. The van der Waals surface area contributed by atoms with Crippen LogP contribution in [0.5, 0.6) is 0 Å². The van der Waals surface area contributed by atoms with E-state index in [0.29, 0.717) is 19.0 Å². The van der Waals surface area contributed by atoms with Gasteiger partial charge in [-0.25, -0.2) is 0 Å². The topological polar surface area (TPSA) is 86.7 Å². The number of carboxylic acid groups (broad SMARTS) is 1. The van der Waals surface area contributed by atoms with E-state index >= 15 is 0 Å². The number of aliphatic carboxylic acids is 1. The van der Waals surface area contributed by atoms with Crippen molar-refractivity contribution in [3.8, 4) is 0 Å². The van der Waals surface area contributed by atoms with E-state index < -0.39 is 11.4 Å². The summed E-state index contributed by atoms with van der Waals surface area (Å²) < 4.78 is 0. The first-order valence-electron chi connectivity index (χ1n) is 7.18. The highest BCUT2D eigenvalue weighted by atomic mass is 16.4. The van der Waals surface area contributed by atoms with Crippen molar-refractivity contribution in [1.29, 1.82) is 0 Å². The average Bonchev–Trinajstić information content (AvgIpc) is 3.18. The first-order valence-corrected chi connectivity index (χ1v) is 7.18. The van der Waals surface area contributed by atoms with Gasteiger partial charge >= 0.3 is 5.97 Å². The van der Waals surface area contributed by atoms with Crippen LogP contribution in [0, 0.1) is 11.3 Å². The first kappa shape index (κ1) is 14.8. The molecule has 1 aliphatic carbocycles. The van der Waals surface area contributed by atoms with Crippen LogP contribution in [0.3, 0.4) is 0 Å². The lowest BCUT2D eigenvalue weighted by molar-refractivity contribution is -0.148. The minimum absolute atomic E-state index is 0.0455. The van der Waals surface area contributed by atoms with Gasteiger partial charge in [0.05, 0.1) is 11.3 Å². The van der Waals surface area contributed by atoms with Crippen molar-refractivity contribution >= 4 is 17.8 Å². The molecule has 1 saturated carbocycles. The Labute approximate surface area is 118 Å². The average molecular weight is 282 g/mol. The lowest BCUT2D eigenvalue weighted by Gasteiger charge is -2.24. The summed E-state index contributed by atoms with van der Waals surface area (Å²) in [7, 11) is 0. The van der Waals surface area contributed by atoms with Crippen molar-refractivity contribution < 1.29 is 19.5 Å². The minimum atomic E-state index is -0.950. The molecule has 2 amide bonds. The number of amides is 2. The van der Waals surface area contributed by atoms with Crippen LogP contribution in [0.2, 0.25) is 0 Å². The third kappa shape index (κ3) is 2.94. The van der Waals surface area contributed by atoms with Crippen molar-refractivity contribution in [2.75, 3.05) is 13.1 Å². The number of carbonyl (C=O) groups is 3. The van der Waals surface area contributed by atoms with Gasteiger partial charge in [-0.2, -0.15) is 0 Å². The molecule has 2 unspecified atom stereocenters. The number of hydrogen-bond acceptors (Lipinski definition) is 3. The van der Waals surface area contributed by atoms with E-state index in [2.05, 4.69) is 5.32 Å². The van der Waals surface area contributed by atoms with Crippen molar-refractivity contribution in [1.82, 2.24) is 10.2 Å². The molecule has 2 aliphatic rings. The predicted molar refractivity (Wildman–Crippen MR) is 71.9 cm³/mol. The van der Waals surface area contributed by atoms with Crippen LogP contribution >= 0.6 is 0 Å². The maximum absolute atomic E-state index is 12.1. The van der Waals surface area contributed by atoms with E-state index in [9.17, 15) is 14.4 Å². The summed E-state index contributed by atoms with van der Waals surface area (Å²) in [5.41, 5.74) is -0.950. The lowest BCUT2D eigenvalue weighted by atomic mass is 9.87. The Bertz CT molecular complexity index is 433. The Balaban J connectivity index is 1.86. The van der Waals surface area contributed by atoms with Crippen LogP contribution in [0.4, 0.5) is 0 Å². The fourth-order valence-electron chi connectivity index (χ4n) is 2.42. The zero-order valence-corrected chi connectivity index (χ0v) is 12.0. The quantitative estimate of drug-likeness (QED) is 0.747. The smallest absolute Gasteiger partial charge is 0.311 e. The van der Waals surface area contributed by atoms with Gasteiger partial charge in [0, 0.05) is 25.6 Å². The zero-order valence-electron chi connectivity index (χ0n) is 12.0. The molecule has 112 valence electrons. The predicted octanol–water partition coefficient (Wildman–Crippen LogP) is 0.614. The standard InChI is InChI=1S/C14H22N2O4/c1-3-14(2,13(19)20)8-15-12(18)9-6-11(17)16(7-9)10-4-5-10/h9-10H,3-8H2,1-2H3,(H,15,18)(H,19,20). The third-order valence-electron chi connectivity index (χ3n) is 4.47. The van der Waals surface area contributed by atoms with Gasteiger partial charge in [0.1, 0.15) is 0 Å². The van der Waals surface area contributed by atoms with Crippen LogP contribution in [0.1, 0.15) is 39.5 Å². The first-order chi connectivity index (χ1) is 9.37. The molecule has 1 saturated heterocycles. The van der Waals surface area contributed by atoms with Crippen molar-refractivity contribution in [2.24, 2.45) is 11.3 Å². The highest BCUT2D eigenvalue weighted by Gasteiger charge is 2.42. The molecule has 20 heavy (non-hydrogen) atoms. The van der Waals surface area contributed by atoms with Crippen LogP contribution in [0.25, 0.3) is 0 Å². The summed E-state index contributed by atoms with van der Waals surface area (Å²) in [5, 5.41) is 11.9. The second-order valence-corrected chi connectivity index (χ2v) is 6.12. The number of likely N-dealkylation sites (tertiary alicyclic amines) is 1. The van der Waals surface area contributed by atoms with Crippen LogP contribution in [0.15, 0.2) is 0 Å². The fraction of sp³-hybridized carbons (Fsp3) is 0.786. The molecule has 2 atom stereocenters. The van der Waals surface area contributed by atoms with Crippen LogP contribution in [-0.4, -0.2) is 46.9 Å². The van der Waals surface area contributed by atoms with Gasteiger partial charge in [0.15, 0.2) is 0 Å². The molecule has 1 heterocycles. The number of nitrogens with zero attached hydrogens (tertiary/aromatic N) is 1. The van der Waals surface area contributed by atoms with E-state index in [1.807, 2.05) is 0 Å². The Morgan fingerprint density at radius 2 is 2.10 bits per heavy atom. The highest BCUT2D eigenvalue weighted by Crippen LogP contribution is 2.32. The fourth-order valence-corrected chi connectivity index (χ4v) is 2.42. The molecular formula is C14H22N2O4. The number of carboxylic acids is 1. The summed E-state index contributed by atoms with van der Waals surface area (Å²) in [4.78, 5) is 36.8. The summed E-state index contributed by atoms with van der Waals surface area (Å²) in [6, 6.07) is 0.334. The Hall–Kier alpha value is -1.59. The number of rotatable bonds is 6. The molecule has 0 aromatic heterocycles. The number of nitrogens with one attached hydrogen (secondary N) is 1. The molecule has 0 aromatic rings. The van der Waals surface area contributed by atoms with E-state index in [-0.39, 0.29) is 30.7 Å². The number of hydrogen-bond donors (Lipinski definition) is 2. The van der Waals surface area contributed by atoms with Crippen molar-refractivity contribution in [2.45, 2.75) is 45.6 Å². The molecular weight excluding hydrogens is 260 g/mol. The highest BCUT2D eigenvalue weighted by molar-refractivity contribution is 5.89. The molecule has 2 fully saturated rings. The van der Waals surface area contributed by atoms with E-state index in [1.54, 1.807) is 18.7 Å². The van der Waals surface area contributed by atoms with Crippen molar-refractivity contribution in [3.05, 3.63) is 0 Å². The third-order valence-corrected chi connectivity index (χ3v) is 4.47. The normalized spacial score (nSPS) is 25.4. The van der Waals surface area contributed by atoms with Crippen LogP contribution in [-0.2, 0) is 14.4 Å². The number of carbonyl (C=O) groups excluding carboxylic acids is 2. The van der Waals surface area contributed by atoms with Gasteiger partial charge in [-0.15, -0.1) is 0 Å². The summed E-state index contributed by atoms with van der Waals surface area (Å²) in [5.74, 6) is -1.41. The second kappa shape index (κ2) is 5.42. The van der Waals surface area contributed by atoms with Gasteiger partial charge < -0.3 is 15.3 Å². The summed E-state index contributed by atoms with van der Waals surface area (Å²) in [6.07, 6.45) is 2.76. The molecule has 0 spiro atoms. The molecule has 2 rings (SSSR count). The van der Waals surface area contributed by atoms with Gasteiger partial charge in [-0.3, -0.25) is 14.4 Å². The maximum atomic E-state index is 12.1.